The van der Waals surface area contributed by atoms with Crippen LogP contribution >= 0.6 is 0 Å². The Morgan fingerprint density at radius 1 is 0.722 bits per heavy atom. The lowest BCUT2D eigenvalue weighted by molar-refractivity contribution is 0.0696. The Kier molecular flexibility index (Phi) is 13.1. The minimum absolute atomic E-state index is 0.104. The van der Waals surface area contributed by atoms with Crippen molar-refractivity contribution in [2.45, 2.75) is 65.7 Å². The molecule has 0 spiro atoms. The molecule has 0 aliphatic rings. The average Bonchev–Trinajstić information content (AvgIpc) is 2.93. The van der Waals surface area contributed by atoms with Gasteiger partial charge in [-0.25, -0.2) is 4.79 Å². The average molecular weight is 489 g/mol. The van der Waals surface area contributed by atoms with E-state index in [9.17, 15) is 9.59 Å². The third kappa shape index (κ3) is 10.1. The van der Waals surface area contributed by atoms with Gasteiger partial charge in [0.1, 0.15) is 5.75 Å². The van der Waals surface area contributed by atoms with E-state index >= 15 is 0 Å². The third-order valence-corrected chi connectivity index (χ3v) is 6.20. The van der Waals surface area contributed by atoms with Gasteiger partial charge in [-0.15, -0.1) is 0 Å². The lowest BCUT2D eigenvalue weighted by atomic mass is 9.95. The summed E-state index contributed by atoms with van der Waals surface area (Å²) in [5.41, 5.74) is 3.43. The van der Waals surface area contributed by atoms with E-state index < -0.39 is 5.97 Å². The fourth-order valence-corrected chi connectivity index (χ4v) is 3.69. The molecule has 0 aliphatic carbocycles. The van der Waals surface area contributed by atoms with E-state index in [-0.39, 0.29) is 11.7 Å². The van der Waals surface area contributed by atoms with Crippen molar-refractivity contribution in [1.82, 2.24) is 0 Å². The normalized spacial score (nSPS) is 11.2. The first-order valence-corrected chi connectivity index (χ1v) is 13.1. The molecule has 0 bridgehead atoms. The summed E-state index contributed by atoms with van der Waals surface area (Å²) in [5.74, 6) is 0.177. The number of carboxylic acids is 1. The number of Topliss-reactive ketones (excluding diaryl/α,β-unsaturated/α-hetero) is 1. The molecule has 1 atom stereocenters. The highest BCUT2D eigenvalue weighted by Crippen LogP contribution is 2.21. The number of aromatic carboxylic acids is 1. The molecular formula is C32H40O4. The van der Waals surface area contributed by atoms with Gasteiger partial charge in [-0.2, -0.15) is 0 Å². The van der Waals surface area contributed by atoms with Crippen LogP contribution in [-0.2, 0) is 0 Å². The Bertz CT molecular complexity index is 1020. The highest BCUT2D eigenvalue weighted by molar-refractivity contribution is 5.98. The van der Waals surface area contributed by atoms with Gasteiger partial charge in [0, 0.05) is 11.5 Å². The van der Waals surface area contributed by atoms with Crippen molar-refractivity contribution < 1.29 is 19.4 Å². The summed E-state index contributed by atoms with van der Waals surface area (Å²) in [7, 11) is 0. The van der Waals surface area contributed by atoms with Crippen LogP contribution in [0.2, 0.25) is 0 Å². The highest BCUT2D eigenvalue weighted by atomic mass is 16.5. The molecule has 3 aromatic carbocycles. The van der Waals surface area contributed by atoms with Gasteiger partial charge >= 0.3 is 5.97 Å². The minimum atomic E-state index is -0.905. The van der Waals surface area contributed by atoms with Crippen molar-refractivity contribution in [2.75, 3.05) is 6.61 Å². The number of carbonyl (C=O) groups is 2. The largest absolute Gasteiger partial charge is 0.494 e. The minimum Gasteiger partial charge on any atom is -0.494 e. The smallest absolute Gasteiger partial charge is 0.335 e. The molecule has 0 fully saturated rings. The van der Waals surface area contributed by atoms with E-state index in [0.29, 0.717) is 12.2 Å². The molecule has 0 saturated heterocycles. The fourth-order valence-electron chi connectivity index (χ4n) is 3.69. The summed E-state index contributed by atoms with van der Waals surface area (Å²) in [6.45, 7) is 6.94. The van der Waals surface area contributed by atoms with Crippen LogP contribution in [0.15, 0.2) is 78.9 Å². The Hall–Kier alpha value is -3.40. The standard InChI is InChI=1S/C17H18O.C15H22O3/c1-3-13(2)17(18)16-11-9-15(10-12-16)14-7-5-4-6-8-14;1-2-3-4-5-6-7-12-18-14-10-8-13(9-11-14)15(16)17/h4-13H,3H2,1-2H3;8-11H,2-7,12H2,1H3,(H,16,17). The Morgan fingerprint density at radius 3 is 1.86 bits per heavy atom. The third-order valence-electron chi connectivity index (χ3n) is 6.20. The SMILES string of the molecule is CCC(C)C(=O)c1ccc(-c2ccccc2)cc1.CCCCCCCCOc1ccc(C(=O)O)cc1. The van der Waals surface area contributed by atoms with Crippen molar-refractivity contribution in [3.8, 4) is 16.9 Å². The van der Waals surface area contributed by atoms with Crippen molar-refractivity contribution in [1.29, 1.82) is 0 Å². The molecular weight excluding hydrogens is 448 g/mol. The summed E-state index contributed by atoms with van der Waals surface area (Å²) in [6.07, 6.45) is 8.32. The van der Waals surface area contributed by atoms with Gasteiger partial charge < -0.3 is 9.84 Å². The predicted molar refractivity (Wildman–Crippen MR) is 148 cm³/mol. The van der Waals surface area contributed by atoms with Gasteiger partial charge in [-0.3, -0.25) is 4.79 Å². The molecule has 0 saturated carbocycles. The summed E-state index contributed by atoms with van der Waals surface area (Å²) >= 11 is 0. The number of ether oxygens (including phenoxy) is 1. The maximum absolute atomic E-state index is 12.0. The second kappa shape index (κ2) is 16.3. The Morgan fingerprint density at radius 2 is 1.28 bits per heavy atom. The lowest BCUT2D eigenvalue weighted by Crippen LogP contribution is -2.09. The van der Waals surface area contributed by atoms with Crippen LogP contribution in [-0.4, -0.2) is 23.5 Å². The molecule has 1 N–H and O–H groups in total. The number of carbonyl (C=O) groups excluding carboxylic acids is 1. The number of carboxylic acid groups (broad SMARTS) is 1. The number of benzene rings is 3. The molecule has 4 heteroatoms. The highest BCUT2D eigenvalue weighted by Gasteiger charge is 2.12. The Labute approximate surface area is 216 Å². The first-order valence-electron chi connectivity index (χ1n) is 13.1. The van der Waals surface area contributed by atoms with Gasteiger partial charge in [-0.05, 0) is 48.2 Å². The molecule has 36 heavy (non-hydrogen) atoms. The molecule has 0 heterocycles. The first kappa shape index (κ1) is 28.8. The van der Waals surface area contributed by atoms with Gasteiger partial charge in [0.15, 0.2) is 5.78 Å². The number of hydrogen-bond donors (Lipinski definition) is 1. The van der Waals surface area contributed by atoms with Crippen LogP contribution in [0.4, 0.5) is 0 Å². The van der Waals surface area contributed by atoms with E-state index in [4.69, 9.17) is 9.84 Å². The summed E-state index contributed by atoms with van der Waals surface area (Å²) in [6, 6.07) is 24.6. The van der Waals surface area contributed by atoms with Crippen molar-refractivity contribution >= 4 is 11.8 Å². The second-order valence-electron chi connectivity index (χ2n) is 9.06. The molecule has 4 nitrogen and oxygen atoms in total. The van der Waals surface area contributed by atoms with Crippen molar-refractivity contribution in [2.24, 2.45) is 5.92 Å². The Balaban J connectivity index is 0.000000254. The number of hydrogen-bond acceptors (Lipinski definition) is 3. The molecule has 1 unspecified atom stereocenters. The van der Waals surface area contributed by atoms with E-state index in [1.54, 1.807) is 24.3 Å². The summed E-state index contributed by atoms with van der Waals surface area (Å²) < 4.78 is 5.55. The first-order chi connectivity index (χ1) is 17.5. The molecule has 192 valence electrons. The van der Waals surface area contributed by atoms with E-state index in [2.05, 4.69) is 19.1 Å². The second-order valence-corrected chi connectivity index (χ2v) is 9.06. The predicted octanol–water partition coefficient (Wildman–Crippen LogP) is 8.71. The van der Waals surface area contributed by atoms with Gasteiger partial charge in [0.25, 0.3) is 0 Å². The van der Waals surface area contributed by atoms with Crippen LogP contribution in [0.3, 0.4) is 0 Å². The molecule has 0 radical (unpaired) electrons. The number of ketones is 1. The van der Waals surface area contributed by atoms with E-state index in [1.165, 1.54) is 37.7 Å². The summed E-state index contributed by atoms with van der Waals surface area (Å²) in [5, 5.41) is 8.75. The molecule has 0 aromatic heterocycles. The monoisotopic (exact) mass is 488 g/mol. The van der Waals surface area contributed by atoms with E-state index in [1.807, 2.05) is 56.3 Å². The van der Waals surface area contributed by atoms with Crippen molar-refractivity contribution in [3.63, 3.8) is 0 Å². The zero-order valence-electron chi connectivity index (χ0n) is 21.9. The van der Waals surface area contributed by atoms with Gasteiger partial charge in [0.2, 0.25) is 0 Å². The quantitative estimate of drug-likeness (QED) is 0.193. The summed E-state index contributed by atoms with van der Waals surface area (Å²) in [4.78, 5) is 22.7. The van der Waals surface area contributed by atoms with Gasteiger partial charge in [0.05, 0.1) is 12.2 Å². The van der Waals surface area contributed by atoms with Crippen LogP contribution in [0.1, 0.15) is 86.4 Å². The number of rotatable bonds is 13. The van der Waals surface area contributed by atoms with Crippen molar-refractivity contribution in [3.05, 3.63) is 90.0 Å². The maximum atomic E-state index is 12.0. The molecule has 0 amide bonds. The zero-order chi connectivity index (χ0) is 26.2. The fraction of sp³-hybridized carbons (Fsp3) is 0.375. The zero-order valence-corrected chi connectivity index (χ0v) is 21.9. The molecule has 3 rings (SSSR count). The van der Waals surface area contributed by atoms with Crippen LogP contribution in [0.5, 0.6) is 5.75 Å². The lowest BCUT2D eigenvalue weighted by Gasteiger charge is -2.08. The van der Waals surface area contributed by atoms with Crippen LogP contribution in [0.25, 0.3) is 11.1 Å². The van der Waals surface area contributed by atoms with Crippen LogP contribution < -0.4 is 4.74 Å². The van der Waals surface area contributed by atoms with Crippen LogP contribution in [0, 0.1) is 5.92 Å². The maximum Gasteiger partial charge on any atom is 0.335 e. The number of unbranched alkanes of at least 4 members (excludes halogenated alkanes) is 5. The molecule has 3 aromatic rings. The van der Waals surface area contributed by atoms with E-state index in [0.717, 1.165) is 29.7 Å². The molecule has 0 aliphatic heterocycles. The van der Waals surface area contributed by atoms with Gasteiger partial charge in [-0.1, -0.05) is 107 Å². The topological polar surface area (TPSA) is 63.6 Å².